The van der Waals surface area contributed by atoms with E-state index in [9.17, 15) is 4.79 Å². The molecule has 0 spiro atoms. The van der Waals surface area contributed by atoms with Gasteiger partial charge in [0.1, 0.15) is 11.9 Å². The van der Waals surface area contributed by atoms with Gasteiger partial charge in [0.2, 0.25) is 5.91 Å². The Balaban J connectivity index is 2.77. The van der Waals surface area contributed by atoms with Crippen LogP contribution < -0.4 is 15.8 Å². The van der Waals surface area contributed by atoms with Crippen LogP contribution in [0.5, 0.6) is 5.75 Å². The fourth-order valence-corrected chi connectivity index (χ4v) is 1.55. The minimum atomic E-state index is -0.410. The second-order valence-electron chi connectivity index (χ2n) is 3.83. The number of aryl methyl sites for hydroxylation is 1. The average molecular weight is 222 g/mol. The number of carbonyl (C=O) groups is 1. The Bertz CT molecular complexity index is 377. The summed E-state index contributed by atoms with van der Waals surface area (Å²) in [5.41, 5.74) is 6.59. The number of benzene rings is 1. The zero-order valence-corrected chi connectivity index (χ0v) is 9.91. The van der Waals surface area contributed by atoms with Crippen LogP contribution in [0, 0.1) is 6.92 Å². The van der Waals surface area contributed by atoms with Gasteiger partial charge in [0.15, 0.2) is 0 Å². The lowest BCUT2D eigenvalue weighted by Crippen LogP contribution is -2.26. The number of likely N-dealkylation sites (N-methyl/N-ethyl adjacent to an activating group) is 1. The summed E-state index contributed by atoms with van der Waals surface area (Å²) in [7, 11) is 1.88. The number of primary amides is 1. The minimum Gasteiger partial charge on any atom is -0.489 e. The third kappa shape index (κ3) is 3.24. The molecular weight excluding hydrogens is 204 g/mol. The molecule has 4 nitrogen and oxygen atoms in total. The van der Waals surface area contributed by atoms with Crippen molar-refractivity contribution in [3.05, 3.63) is 29.3 Å². The van der Waals surface area contributed by atoms with Crippen molar-refractivity contribution in [3.63, 3.8) is 0 Å². The zero-order chi connectivity index (χ0) is 12.1. The van der Waals surface area contributed by atoms with E-state index in [-0.39, 0.29) is 6.10 Å². The molecule has 1 atom stereocenters. The van der Waals surface area contributed by atoms with Crippen molar-refractivity contribution in [1.82, 2.24) is 5.32 Å². The summed E-state index contributed by atoms with van der Waals surface area (Å²) >= 11 is 0. The van der Waals surface area contributed by atoms with E-state index in [4.69, 9.17) is 10.5 Å². The second-order valence-corrected chi connectivity index (χ2v) is 3.83. The molecule has 0 heterocycles. The first-order chi connectivity index (χ1) is 7.54. The monoisotopic (exact) mass is 222 g/mol. The highest BCUT2D eigenvalue weighted by Crippen LogP contribution is 2.17. The number of rotatable bonds is 5. The quantitative estimate of drug-likeness (QED) is 0.783. The number of nitrogens with one attached hydrogen (secondary N) is 1. The highest BCUT2D eigenvalue weighted by molar-refractivity contribution is 5.94. The summed E-state index contributed by atoms with van der Waals surface area (Å²) in [5.74, 6) is 0.345. The van der Waals surface area contributed by atoms with E-state index in [0.29, 0.717) is 5.56 Å². The number of nitrogens with two attached hydrogens (primary N) is 1. The fourth-order valence-electron chi connectivity index (χ4n) is 1.55. The van der Waals surface area contributed by atoms with Crippen molar-refractivity contribution in [1.29, 1.82) is 0 Å². The molecule has 0 aliphatic heterocycles. The second kappa shape index (κ2) is 5.51. The van der Waals surface area contributed by atoms with Crippen molar-refractivity contribution in [3.8, 4) is 5.75 Å². The molecule has 4 heteroatoms. The van der Waals surface area contributed by atoms with Crippen LogP contribution >= 0.6 is 0 Å². The summed E-state index contributed by atoms with van der Waals surface area (Å²) in [6.45, 7) is 4.60. The van der Waals surface area contributed by atoms with E-state index in [1.807, 2.05) is 27.0 Å². The van der Waals surface area contributed by atoms with E-state index < -0.39 is 5.91 Å². The number of ether oxygens (including phenoxy) is 1. The van der Waals surface area contributed by atoms with Gasteiger partial charge in [-0.1, -0.05) is 0 Å². The third-order valence-corrected chi connectivity index (χ3v) is 2.29. The van der Waals surface area contributed by atoms with E-state index in [1.54, 1.807) is 12.1 Å². The Hall–Kier alpha value is -1.55. The van der Waals surface area contributed by atoms with Crippen LogP contribution in [-0.4, -0.2) is 25.6 Å². The van der Waals surface area contributed by atoms with Gasteiger partial charge in [-0.2, -0.15) is 0 Å². The summed E-state index contributed by atoms with van der Waals surface area (Å²) < 4.78 is 5.66. The van der Waals surface area contributed by atoms with Crippen molar-refractivity contribution in [2.24, 2.45) is 5.73 Å². The number of carbonyl (C=O) groups excluding carboxylic acids is 1. The summed E-state index contributed by atoms with van der Waals surface area (Å²) in [6, 6.07) is 5.28. The molecule has 0 radical (unpaired) electrons. The Kier molecular flexibility index (Phi) is 4.31. The molecule has 0 bridgehead atoms. The third-order valence-electron chi connectivity index (χ3n) is 2.29. The molecule has 0 fully saturated rings. The van der Waals surface area contributed by atoms with E-state index in [1.165, 1.54) is 0 Å². The van der Waals surface area contributed by atoms with Gasteiger partial charge in [-0.15, -0.1) is 0 Å². The minimum absolute atomic E-state index is 0.0869. The molecule has 0 saturated heterocycles. The van der Waals surface area contributed by atoms with E-state index in [2.05, 4.69) is 5.32 Å². The molecule has 1 aromatic rings. The lowest BCUT2D eigenvalue weighted by atomic mass is 10.1. The molecule has 0 aromatic heterocycles. The predicted molar refractivity (Wildman–Crippen MR) is 63.7 cm³/mol. The smallest absolute Gasteiger partial charge is 0.248 e. The van der Waals surface area contributed by atoms with Gasteiger partial charge in [-0.3, -0.25) is 4.79 Å². The zero-order valence-electron chi connectivity index (χ0n) is 9.91. The number of hydrogen-bond acceptors (Lipinski definition) is 3. The summed E-state index contributed by atoms with van der Waals surface area (Å²) in [5, 5.41) is 3.03. The Labute approximate surface area is 95.8 Å². The van der Waals surface area contributed by atoms with Crippen molar-refractivity contribution < 1.29 is 9.53 Å². The molecule has 3 N–H and O–H groups in total. The molecule has 0 saturated carbocycles. The van der Waals surface area contributed by atoms with Crippen LogP contribution in [0.4, 0.5) is 0 Å². The van der Waals surface area contributed by atoms with Gasteiger partial charge in [0, 0.05) is 12.1 Å². The first kappa shape index (κ1) is 12.5. The van der Waals surface area contributed by atoms with Gasteiger partial charge in [0.25, 0.3) is 0 Å². The van der Waals surface area contributed by atoms with Crippen molar-refractivity contribution in [2.75, 3.05) is 13.6 Å². The maximum atomic E-state index is 11.0. The highest BCUT2D eigenvalue weighted by atomic mass is 16.5. The maximum absolute atomic E-state index is 11.0. The first-order valence-corrected chi connectivity index (χ1v) is 5.26. The summed E-state index contributed by atoms with van der Waals surface area (Å²) in [4.78, 5) is 11.0. The number of amides is 1. The van der Waals surface area contributed by atoms with Crippen LogP contribution in [0.3, 0.4) is 0 Å². The lowest BCUT2D eigenvalue weighted by Gasteiger charge is -2.15. The molecule has 88 valence electrons. The van der Waals surface area contributed by atoms with E-state index >= 15 is 0 Å². The molecule has 16 heavy (non-hydrogen) atoms. The standard InChI is InChI=1S/C12H18N2O2/c1-8-6-10(16-9(2)7-14-3)4-5-11(8)12(13)15/h4-6,9,14H,7H2,1-3H3,(H2,13,15). The Morgan fingerprint density at radius 1 is 1.56 bits per heavy atom. The largest absolute Gasteiger partial charge is 0.489 e. The maximum Gasteiger partial charge on any atom is 0.248 e. The average Bonchev–Trinajstić information content (AvgIpc) is 2.17. The van der Waals surface area contributed by atoms with Gasteiger partial charge in [-0.25, -0.2) is 0 Å². The SMILES string of the molecule is CNCC(C)Oc1ccc(C(N)=O)c(C)c1. The Morgan fingerprint density at radius 3 is 2.75 bits per heavy atom. The van der Waals surface area contributed by atoms with Crippen LogP contribution in [-0.2, 0) is 0 Å². The highest BCUT2D eigenvalue weighted by Gasteiger charge is 2.07. The Morgan fingerprint density at radius 2 is 2.25 bits per heavy atom. The van der Waals surface area contributed by atoms with Crippen LogP contribution in [0.15, 0.2) is 18.2 Å². The first-order valence-electron chi connectivity index (χ1n) is 5.26. The van der Waals surface area contributed by atoms with Crippen molar-refractivity contribution in [2.45, 2.75) is 20.0 Å². The van der Waals surface area contributed by atoms with Gasteiger partial charge < -0.3 is 15.8 Å². The fraction of sp³-hybridized carbons (Fsp3) is 0.417. The molecule has 1 unspecified atom stereocenters. The van der Waals surface area contributed by atoms with Gasteiger partial charge >= 0.3 is 0 Å². The van der Waals surface area contributed by atoms with Crippen LogP contribution in [0.25, 0.3) is 0 Å². The van der Waals surface area contributed by atoms with Gasteiger partial charge in [0.05, 0.1) is 0 Å². The molecule has 1 amide bonds. The van der Waals surface area contributed by atoms with Crippen molar-refractivity contribution >= 4 is 5.91 Å². The number of hydrogen-bond donors (Lipinski definition) is 2. The van der Waals surface area contributed by atoms with E-state index in [0.717, 1.165) is 17.9 Å². The normalized spacial score (nSPS) is 12.2. The molecule has 1 rings (SSSR count). The van der Waals surface area contributed by atoms with Crippen LogP contribution in [0.1, 0.15) is 22.8 Å². The molecule has 0 aliphatic carbocycles. The van der Waals surface area contributed by atoms with Crippen LogP contribution in [0.2, 0.25) is 0 Å². The van der Waals surface area contributed by atoms with Gasteiger partial charge in [-0.05, 0) is 44.7 Å². The topological polar surface area (TPSA) is 64.3 Å². The summed E-state index contributed by atoms with van der Waals surface area (Å²) in [6.07, 6.45) is 0.0869. The molecule has 0 aliphatic rings. The lowest BCUT2D eigenvalue weighted by molar-refractivity contribution is 0.0999. The predicted octanol–water partition coefficient (Wildman–Crippen LogP) is 1.08. The molecular formula is C12H18N2O2. The molecule has 1 aromatic carbocycles.